The number of phenols is 1. The number of aromatic hydroxyl groups is 1. The number of rotatable bonds is 8. The van der Waals surface area contributed by atoms with Gasteiger partial charge in [-0.05, 0) is 24.6 Å². The van der Waals surface area contributed by atoms with Crippen LogP contribution in [-0.4, -0.2) is 19.3 Å². The summed E-state index contributed by atoms with van der Waals surface area (Å²) >= 11 is -1.18. The standard InChI is InChI=1S/C14H14NO.2C4H9.Al/c1-11-6-5-7-12(14(11)16)10-15-13-8-3-2-4-9-13;2*1-4(2)3;/h2-10,15-16H,1H3;2*4H,1H2,2-3H3;. The van der Waals surface area contributed by atoms with E-state index in [1.54, 1.807) is 0 Å². The summed E-state index contributed by atoms with van der Waals surface area (Å²) in [6.07, 6.45) is 0. The lowest BCUT2D eigenvalue weighted by atomic mass is 10.1. The van der Waals surface area contributed by atoms with Crippen LogP contribution in [-0.2, 0) is 0 Å². The van der Waals surface area contributed by atoms with Gasteiger partial charge in [-0.1, -0.05) is 86.5 Å². The molecule has 134 valence electrons. The highest BCUT2D eigenvalue weighted by molar-refractivity contribution is 6.61. The predicted octanol–water partition coefficient (Wildman–Crippen LogP) is 6.20. The molecule has 2 rings (SSSR count). The van der Waals surface area contributed by atoms with Gasteiger partial charge in [0.15, 0.2) is 0 Å². The van der Waals surface area contributed by atoms with Gasteiger partial charge in [0.25, 0.3) is 0 Å². The molecule has 2 aromatic carbocycles. The molecule has 1 atom stereocenters. The molecular formula is C22H32AlNO. The number of para-hydroxylation sites is 2. The van der Waals surface area contributed by atoms with Crippen LogP contribution in [0.1, 0.15) is 43.7 Å². The Morgan fingerprint density at radius 1 is 0.880 bits per heavy atom. The molecule has 0 heterocycles. The lowest BCUT2D eigenvalue weighted by Gasteiger charge is -2.29. The number of benzene rings is 2. The maximum absolute atomic E-state index is 10.7. The molecule has 0 radical (unpaired) electrons. The topological polar surface area (TPSA) is 32.3 Å². The third-order valence-electron chi connectivity index (χ3n) is 4.72. The van der Waals surface area contributed by atoms with Crippen LogP contribution in [0, 0.1) is 18.8 Å². The van der Waals surface area contributed by atoms with E-state index in [-0.39, 0.29) is 4.90 Å². The first-order chi connectivity index (χ1) is 11.9. The number of nitrogens with one attached hydrogen (secondary N) is 1. The monoisotopic (exact) mass is 353 g/mol. The van der Waals surface area contributed by atoms with Crippen LogP contribution in [0.4, 0.5) is 5.69 Å². The lowest BCUT2D eigenvalue weighted by molar-refractivity contribution is 0.463. The fraction of sp³-hybridized carbons (Fsp3) is 0.455. The fourth-order valence-corrected chi connectivity index (χ4v) is 8.04. The third kappa shape index (κ3) is 5.80. The van der Waals surface area contributed by atoms with Crippen molar-refractivity contribution in [3.8, 4) is 5.75 Å². The van der Waals surface area contributed by atoms with Crippen molar-refractivity contribution in [2.75, 3.05) is 5.32 Å². The van der Waals surface area contributed by atoms with Crippen LogP contribution in [0.2, 0.25) is 10.6 Å². The Bertz CT molecular complexity index is 644. The molecule has 0 saturated carbocycles. The van der Waals surface area contributed by atoms with Crippen LogP contribution in [0.5, 0.6) is 5.75 Å². The van der Waals surface area contributed by atoms with Crippen molar-refractivity contribution < 1.29 is 5.11 Å². The van der Waals surface area contributed by atoms with E-state index in [0.29, 0.717) is 17.6 Å². The van der Waals surface area contributed by atoms with Crippen LogP contribution < -0.4 is 5.32 Å². The van der Waals surface area contributed by atoms with Crippen molar-refractivity contribution in [3.05, 3.63) is 59.7 Å². The summed E-state index contributed by atoms with van der Waals surface area (Å²) in [4.78, 5) is 0.243. The van der Waals surface area contributed by atoms with Gasteiger partial charge in [0.1, 0.15) is 5.75 Å². The molecule has 0 aliphatic carbocycles. The predicted molar refractivity (Wildman–Crippen MR) is 111 cm³/mol. The minimum absolute atomic E-state index is 0.243. The van der Waals surface area contributed by atoms with E-state index in [0.717, 1.165) is 16.8 Å². The van der Waals surface area contributed by atoms with Crippen LogP contribution >= 0.6 is 0 Å². The summed E-state index contributed by atoms with van der Waals surface area (Å²) < 4.78 is 0. The second-order valence-corrected chi connectivity index (χ2v) is 11.1. The third-order valence-corrected chi connectivity index (χ3v) is 9.28. The van der Waals surface area contributed by atoms with Gasteiger partial charge in [-0.25, -0.2) is 0 Å². The average molecular weight is 353 g/mol. The molecule has 0 aromatic heterocycles. The van der Waals surface area contributed by atoms with Gasteiger partial charge < -0.3 is 10.4 Å². The Morgan fingerprint density at radius 3 is 2.04 bits per heavy atom. The zero-order chi connectivity index (χ0) is 18.4. The smallest absolute Gasteiger partial charge is 0.303 e. The molecule has 1 unspecified atom stereocenters. The van der Waals surface area contributed by atoms with Gasteiger partial charge in [0.05, 0.1) is 0 Å². The quantitative estimate of drug-likeness (QED) is 0.554. The Kier molecular flexibility index (Phi) is 7.42. The largest absolute Gasteiger partial charge is 0.507 e. The zero-order valence-electron chi connectivity index (χ0n) is 16.3. The maximum atomic E-state index is 10.7. The maximum Gasteiger partial charge on any atom is 0.303 e. The molecule has 3 heteroatoms. The molecule has 0 saturated heterocycles. The first-order valence-electron chi connectivity index (χ1n) is 9.48. The Labute approximate surface area is 157 Å². The molecule has 0 spiro atoms. The average Bonchev–Trinajstić information content (AvgIpc) is 2.55. The highest BCUT2D eigenvalue weighted by Crippen LogP contribution is 2.35. The summed E-state index contributed by atoms with van der Waals surface area (Å²) in [5.41, 5.74) is 3.17. The van der Waals surface area contributed by atoms with Crippen molar-refractivity contribution in [2.24, 2.45) is 11.8 Å². The first kappa shape index (κ1) is 19.9. The number of hydrogen-bond donors (Lipinski definition) is 2. The summed E-state index contributed by atoms with van der Waals surface area (Å²) in [7, 11) is 0. The van der Waals surface area contributed by atoms with Crippen molar-refractivity contribution in [3.63, 3.8) is 0 Å². The summed E-state index contributed by atoms with van der Waals surface area (Å²) in [6.45, 7) is 11.2. The van der Waals surface area contributed by atoms with Crippen molar-refractivity contribution >= 4 is 19.8 Å². The number of anilines is 1. The summed E-state index contributed by atoms with van der Waals surface area (Å²) in [5.74, 6) is 1.82. The van der Waals surface area contributed by atoms with E-state index in [1.807, 2.05) is 19.1 Å². The summed E-state index contributed by atoms with van der Waals surface area (Å²) in [6, 6.07) is 16.6. The zero-order valence-corrected chi connectivity index (χ0v) is 17.4. The van der Waals surface area contributed by atoms with E-state index in [4.69, 9.17) is 0 Å². The van der Waals surface area contributed by atoms with Crippen molar-refractivity contribution in [1.82, 2.24) is 0 Å². The van der Waals surface area contributed by atoms with Crippen LogP contribution in [0.25, 0.3) is 0 Å². The second kappa shape index (κ2) is 9.32. The summed E-state index contributed by atoms with van der Waals surface area (Å²) in [5, 5.41) is 17.1. The van der Waals surface area contributed by atoms with Crippen molar-refractivity contribution in [2.45, 2.75) is 50.1 Å². The normalized spacial score (nSPS) is 12.4. The van der Waals surface area contributed by atoms with Gasteiger partial charge in [0, 0.05) is 16.2 Å². The van der Waals surface area contributed by atoms with Crippen molar-refractivity contribution in [1.29, 1.82) is 0 Å². The van der Waals surface area contributed by atoms with E-state index >= 15 is 0 Å². The van der Waals surface area contributed by atoms with Crippen LogP contribution in [0.15, 0.2) is 48.5 Å². The fourth-order valence-electron chi connectivity index (χ4n) is 3.68. The molecule has 25 heavy (non-hydrogen) atoms. The second-order valence-electron chi connectivity index (χ2n) is 8.02. The molecule has 0 aliphatic rings. The van der Waals surface area contributed by atoms with E-state index in [1.165, 1.54) is 10.6 Å². The number of hydrogen-bond acceptors (Lipinski definition) is 2. The molecule has 0 bridgehead atoms. The van der Waals surface area contributed by atoms with Gasteiger partial charge in [-0.15, -0.1) is 0 Å². The highest BCUT2D eigenvalue weighted by atomic mass is 27.2. The Morgan fingerprint density at radius 2 is 1.48 bits per heavy atom. The van der Waals surface area contributed by atoms with E-state index in [2.05, 4.69) is 69.4 Å². The minimum Gasteiger partial charge on any atom is -0.507 e. The molecule has 0 aliphatic heterocycles. The molecule has 0 fully saturated rings. The molecular weight excluding hydrogens is 321 g/mol. The molecule has 2 N–H and O–H groups in total. The SMILES string of the molecule is Cc1cccc([CH](Nc2ccccc2)[Al]([CH2]C(C)C)[CH2]C(C)C)c1O. The van der Waals surface area contributed by atoms with Gasteiger partial charge in [-0.2, -0.15) is 0 Å². The molecule has 2 aromatic rings. The lowest BCUT2D eigenvalue weighted by Crippen LogP contribution is -2.32. The Hall–Kier alpha value is -1.43. The van der Waals surface area contributed by atoms with E-state index in [9.17, 15) is 5.11 Å². The van der Waals surface area contributed by atoms with Crippen LogP contribution in [0.3, 0.4) is 0 Å². The Balaban J connectivity index is 2.43. The molecule has 2 nitrogen and oxygen atoms in total. The van der Waals surface area contributed by atoms with Gasteiger partial charge in [0.2, 0.25) is 0 Å². The first-order valence-corrected chi connectivity index (χ1v) is 11.8. The number of phenolic OH excluding ortho intramolecular Hbond substituents is 1. The highest BCUT2D eigenvalue weighted by Gasteiger charge is 2.32. The van der Waals surface area contributed by atoms with E-state index < -0.39 is 14.1 Å². The molecule has 0 amide bonds. The minimum atomic E-state index is -1.18. The number of aryl methyl sites for hydroxylation is 1. The van der Waals surface area contributed by atoms with Gasteiger partial charge in [-0.3, -0.25) is 0 Å². The van der Waals surface area contributed by atoms with Gasteiger partial charge >= 0.3 is 14.1 Å².